The molecule has 7 nitrogen and oxygen atoms in total. The Bertz CT molecular complexity index is 1250. The first kappa shape index (κ1) is 30.4. The van der Waals surface area contributed by atoms with Gasteiger partial charge >= 0.3 is 5.97 Å². The Balaban J connectivity index is 1.59. The molecule has 2 amide bonds. The van der Waals surface area contributed by atoms with Gasteiger partial charge in [-0.25, -0.2) is 4.79 Å². The van der Waals surface area contributed by atoms with Gasteiger partial charge in [0.05, 0.1) is 7.11 Å². The predicted octanol–water partition coefficient (Wildman–Crippen LogP) is 6.72. The lowest BCUT2D eigenvalue weighted by molar-refractivity contribution is -0.139. The zero-order chi connectivity index (χ0) is 28.9. The fraction of sp³-hybridized carbons (Fsp3) is 0.364. The van der Waals surface area contributed by atoms with Crippen LogP contribution in [0, 0.1) is 5.92 Å². The van der Waals surface area contributed by atoms with Crippen molar-refractivity contribution in [2.45, 2.75) is 64.8 Å². The minimum atomic E-state index is -1.11. The summed E-state index contributed by atoms with van der Waals surface area (Å²) in [4.78, 5) is 37.1. The number of hydrogen-bond donors (Lipinski definition) is 3. The van der Waals surface area contributed by atoms with E-state index in [1.54, 1.807) is 24.3 Å². The number of aliphatic carboxylic acids is 1. The fourth-order valence-corrected chi connectivity index (χ4v) is 4.48. The second kappa shape index (κ2) is 15.5. The molecule has 0 spiro atoms. The molecular weight excluding hydrogens is 504 g/mol. The first-order valence-electron chi connectivity index (χ1n) is 14.0. The fourth-order valence-electron chi connectivity index (χ4n) is 4.48. The summed E-state index contributed by atoms with van der Waals surface area (Å²) in [6.07, 6.45) is 6.94. The van der Waals surface area contributed by atoms with Gasteiger partial charge in [0.2, 0.25) is 5.91 Å². The lowest BCUT2D eigenvalue weighted by Crippen LogP contribution is -2.42. The van der Waals surface area contributed by atoms with E-state index in [1.165, 1.54) is 32.8 Å². The molecule has 2 unspecified atom stereocenters. The van der Waals surface area contributed by atoms with E-state index in [1.807, 2.05) is 55.5 Å². The molecule has 0 aliphatic rings. The van der Waals surface area contributed by atoms with Gasteiger partial charge in [-0.15, -0.1) is 0 Å². The van der Waals surface area contributed by atoms with Gasteiger partial charge in [-0.2, -0.15) is 0 Å². The molecule has 0 aromatic heterocycles. The molecule has 3 N–H and O–H groups in total. The molecule has 40 heavy (non-hydrogen) atoms. The highest BCUT2D eigenvalue weighted by molar-refractivity contribution is 5.96. The second-order valence-electron chi connectivity index (χ2n) is 10.2. The van der Waals surface area contributed by atoms with Crippen LogP contribution in [0.2, 0.25) is 0 Å². The summed E-state index contributed by atoms with van der Waals surface area (Å²) in [5.41, 5.74) is 3.77. The number of amides is 2. The number of rotatable bonds is 15. The number of unbranched alkanes of at least 4 members (excludes halogenated alkanes) is 4. The van der Waals surface area contributed by atoms with E-state index in [2.05, 4.69) is 17.6 Å². The van der Waals surface area contributed by atoms with Gasteiger partial charge in [0.1, 0.15) is 11.8 Å². The highest BCUT2D eigenvalue weighted by Crippen LogP contribution is 2.24. The van der Waals surface area contributed by atoms with Gasteiger partial charge in [-0.1, -0.05) is 82.3 Å². The molecule has 3 aromatic rings. The maximum absolute atomic E-state index is 12.7. The number of benzene rings is 3. The third-order valence-electron chi connectivity index (χ3n) is 7.00. The number of carbonyl (C=O) groups is 3. The first-order valence-corrected chi connectivity index (χ1v) is 14.0. The highest BCUT2D eigenvalue weighted by Gasteiger charge is 2.21. The molecule has 0 saturated carbocycles. The van der Waals surface area contributed by atoms with Gasteiger partial charge in [0.15, 0.2) is 0 Å². The lowest BCUT2D eigenvalue weighted by Gasteiger charge is -2.15. The maximum atomic E-state index is 12.7. The van der Waals surface area contributed by atoms with E-state index in [0.29, 0.717) is 11.3 Å². The molecule has 0 radical (unpaired) electrons. The first-order chi connectivity index (χ1) is 19.3. The zero-order valence-corrected chi connectivity index (χ0v) is 23.6. The molecule has 0 heterocycles. The van der Waals surface area contributed by atoms with Crippen LogP contribution in [0.15, 0.2) is 72.8 Å². The lowest BCUT2D eigenvalue weighted by atomic mass is 9.99. The van der Waals surface area contributed by atoms with Gasteiger partial charge in [0, 0.05) is 23.6 Å². The average molecular weight is 545 g/mol. The number of anilines is 1. The summed E-state index contributed by atoms with van der Waals surface area (Å²) in [5.74, 6) is -0.973. The minimum absolute atomic E-state index is 0.0272. The number of methoxy groups -OCH3 is 1. The number of hydrogen-bond acceptors (Lipinski definition) is 4. The summed E-state index contributed by atoms with van der Waals surface area (Å²) in [6.45, 7) is 4.17. The van der Waals surface area contributed by atoms with Crippen molar-refractivity contribution in [2.24, 2.45) is 5.92 Å². The van der Waals surface area contributed by atoms with Crippen molar-refractivity contribution >= 4 is 23.5 Å². The van der Waals surface area contributed by atoms with E-state index in [4.69, 9.17) is 4.74 Å². The summed E-state index contributed by atoms with van der Waals surface area (Å²) in [7, 11) is 1.54. The minimum Gasteiger partial charge on any atom is -0.497 e. The number of nitrogens with one attached hydrogen (secondary N) is 2. The third kappa shape index (κ3) is 9.26. The van der Waals surface area contributed by atoms with Crippen LogP contribution < -0.4 is 15.4 Å². The molecule has 2 atom stereocenters. The van der Waals surface area contributed by atoms with Crippen LogP contribution in [0.4, 0.5) is 5.69 Å². The topological polar surface area (TPSA) is 105 Å². The van der Waals surface area contributed by atoms with Crippen molar-refractivity contribution in [2.75, 3.05) is 12.4 Å². The van der Waals surface area contributed by atoms with Crippen LogP contribution in [0.25, 0.3) is 11.1 Å². The van der Waals surface area contributed by atoms with Crippen LogP contribution in [0.1, 0.15) is 68.3 Å². The van der Waals surface area contributed by atoms with Gasteiger partial charge in [-0.3, -0.25) is 9.59 Å². The third-order valence-corrected chi connectivity index (χ3v) is 7.00. The van der Waals surface area contributed by atoms with Crippen molar-refractivity contribution in [3.63, 3.8) is 0 Å². The van der Waals surface area contributed by atoms with Crippen molar-refractivity contribution in [3.8, 4) is 16.9 Å². The molecule has 0 aliphatic heterocycles. The Morgan fingerprint density at radius 1 is 0.875 bits per heavy atom. The van der Waals surface area contributed by atoms with Crippen molar-refractivity contribution < 1.29 is 24.2 Å². The van der Waals surface area contributed by atoms with E-state index in [0.717, 1.165) is 35.2 Å². The molecule has 0 aliphatic carbocycles. The van der Waals surface area contributed by atoms with Crippen LogP contribution in [-0.2, 0) is 16.0 Å². The van der Waals surface area contributed by atoms with Crippen LogP contribution in [0.3, 0.4) is 0 Å². The number of carboxylic acid groups (broad SMARTS) is 1. The molecule has 212 valence electrons. The Kier molecular flexibility index (Phi) is 11.8. The summed E-state index contributed by atoms with van der Waals surface area (Å²) >= 11 is 0. The largest absolute Gasteiger partial charge is 0.497 e. The second-order valence-corrected chi connectivity index (χ2v) is 10.2. The van der Waals surface area contributed by atoms with E-state index < -0.39 is 17.9 Å². The van der Waals surface area contributed by atoms with Gasteiger partial charge in [-0.05, 0) is 59.5 Å². The smallest absolute Gasteiger partial charge is 0.326 e. The van der Waals surface area contributed by atoms with Crippen molar-refractivity contribution in [1.29, 1.82) is 0 Å². The predicted molar refractivity (Wildman–Crippen MR) is 159 cm³/mol. The van der Waals surface area contributed by atoms with Crippen molar-refractivity contribution in [1.82, 2.24) is 5.32 Å². The van der Waals surface area contributed by atoms with Gasteiger partial charge in [0.25, 0.3) is 5.91 Å². The molecule has 3 rings (SSSR count). The Labute approximate surface area is 237 Å². The van der Waals surface area contributed by atoms with Crippen LogP contribution in [-0.4, -0.2) is 36.0 Å². The maximum Gasteiger partial charge on any atom is 0.326 e. The Hall–Kier alpha value is -4.13. The summed E-state index contributed by atoms with van der Waals surface area (Å²) < 4.78 is 5.10. The molecule has 3 aromatic carbocycles. The van der Waals surface area contributed by atoms with Crippen molar-refractivity contribution in [3.05, 3.63) is 83.9 Å². The van der Waals surface area contributed by atoms with E-state index in [9.17, 15) is 19.5 Å². The molecule has 0 saturated heterocycles. The molecule has 0 bridgehead atoms. The summed E-state index contributed by atoms with van der Waals surface area (Å²) in [6, 6.07) is 20.7. The quantitative estimate of drug-likeness (QED) is 0.184. The summed E-state index contributed by atoms with van der Waals surface area (Å²) in [5, 5.41) is 15.3. The number of ether oxygens (including phenoxy) is 1. The van der Waals surface area contributed by atoms with Gasteiger partial charge < -0.3 is 20.5 Å². The van der Waals surface area contributed by atoms with Crippen LogP contribution in [0.5, 0.6) is 5.75 Å². The van der Waals surface area contributed by atoms with E-state index in [-0.39, 0.29) is 18.2 Å². The SMILES string of the molecule is CCCCCCCC(C)C(=O)Nc1cccc(-c2ccc(CC(NC(=O)c3ccc(OC)cc3)C(=O)O)cc2)c1. The Morgan fingerprint density at radius 3 is 2.23 bits per heavy atom. The van der Waals surface area contributed by atoms with E-state index >= 15 is 0 Å². The Morgan fingerprint density at radius 2 is 1.57 bits per heavy atom. The highest BCUT2D eigenvalue weighted by atomic mass is 16.5. The van der Waals surface area contributed by atoms with Crippen LogP contribution >= 0.6 is 0 Å². The molecule has 7 heteroatoms. The average Bonchev–Trinajstić information content (AvgIpc) is 2.97. The standard InChI is InChI=1S/C33H40N2O5/c1-4-5-6-7-8-10-23(2)31(36)34-28-12-9-11-27(22-28)25-15-13-24(14-16-25)21-30(33(38)39)35-32(37)26-17-19-29(40-3)20-18-26/h9,11-20,22-23,30H,4-8,10,21H2,1-3H3,(H,34,36)(H,35,37)(H,38,39). The molecular formula is C33H40N2O5. The number of carbonyl (C=O) groups excluding carboxylic acids is 2. The molecule has 0 fully saturated rings. The monoisotopic (exact) mass is 544 g/mol. The normalized spacial score (nSPS) is 12.3. The zero-order valence-electron chi connectivity index (χ0n) is 23.6. The number of carboxylic acids is 1.